The van der Waals surface area contributed by atoms with Gasteiger partial charge in [-0.05, 0) is 48.5 Å². The van der Waals surface area contributed by atoms with E-state index in [2.05, 4.69) is 19.9 Å². The van der Waals surface area contributed by atoms with Gasteiger partial charge in [0, 0.05) is 13.1 Å². The molecule has 3 rings (SSSR count). The normalized spacial score (nSPS) is 19.5. The van der Waals surface area contributed by atoms with Crippen molar-refractivity contribution in [3.05, 3.63) is 60.7 Å². The largest absolute Gasteiger partial charge is 0.444 e. The first kappa shape index (κ1) is 24.0. The molecule has 1 aliphatic rings. The van der Waals surface area contributed by atoms with Crippen molar-refractivity contribution in [2.45, 2.75) is 51.7 Å². The van der Waals surface area contributed by atoms with Crippen LogP contribution in [0.25, 0.3) is 0 Å². The lowest BCUT2D eigenvalue weighted by Gasteiger charge is -2.43. The maximum Gasteiger partial charge on any atom is 0.410 e. The van der Waals surface area contributed by atoms with Crippen LogP contribution in [0.1, 0.15) is 41.0 Å². The molecule has 1 saturated heterocycles. The third kappa shape index (κ3) is 4.90. The zero-order valence-corrected chi connectivity index (χ0v) is 20.7. The molecule has 6 heteroatoms. The standard InChI is InChI=1S/C26H34N2O3Si/c1-25(2,3)31-24(29)28-18-20(21(17-27)19-28)16-26(4,5)32(30,22-12-8-6-9-13-22)23-14-10-7-11-15-23/h6-15,20-21,30H,16,18-19H2,1-5H3/t20-,21+/m0/s1. The van der Waals surface area contributed by atoms with Crippen LogP contribution in [0.3, 0.4) is 0 Å². The minimum atomic E-state index is -3.17. The summed E-state index contributed by atoms with van der Waals surface area (Å²) in [7, 11) is -3.17. The van der Waals surface area contributed by atoms with Gasteiger partial charge in [-0.3, -0.25) is 0 Å². The average Bonchev–Trinajstić information content (AvgIpc) is 3.15. The summed E-state index contributed by atoms with van der Waals surface area (Å²) in [5.74, 6) is -0.319. The predicted octanol–water partition coefficient (Wildman–Crippen LogP) is 3.92. The topological polar surface area (TPSA) is 73.6 Å². The Morgan fingerprint density at radius 3 is 1.97 bits per heavy atom. The Morgan fingerprint density at radius 2 is 1.53 bits per heavy atom. The first-order valence-electron chi connectivity index (χ1n) is 11.2. The van der Waals surface area contributed by atoms with Crippen molar-refractivity contribution in [2.24, 2.45) is 11.8 Å². The van der Waals surface area contributed by atoms with Crippen molar-refractivity contribution in [1.82, 2.24) is 4.90 Å². The van der Waals surface area contributed by atoms with Gasteiger partial charge in [0.25, 0.3) is 8.32 Å². The molecule has 0 radical (unpaired) electrons. The van der Waals surface area contributed by atoms with E-state index in [0.29, 0.717) is 19.5 Å². The van der Waals surface area contributed by atoms with Crippen molar-refractivity contribution in [3.63, 3.8) is 0 Å². The van der Waals surface area contributed by atoms with Crippen LogP contribution in [-0.4, -0.2) is 42.8 Å². The molecule has 1 aliphatic heterocycles. The lowest BCUT2D eigenvalue weighted by atomic mass is 9.88. The van der Waals surface area contributed by atoms with E-state index in [1.807, 2.05) is 81.4 Å². The molecule has 2 aromatic rings. The number of rotatable bonds is 5. The number of likely N-dealkylation sites (tertiary alicyclic amines) is 1. The zero-order valence-electron chi connectivity index (χ0n) is 19.7. The summed E-state index contributed by atoms with van der Waals surface area (Å²) in [6.45, 7) is 10.6. The van der Waals surface area contributed by atoms with Gasteiger partial charge in [-0.25, -0.2) is 4.79 Å². The molecule has 0 saturated carbocycles. The van der Waals surface area contributed by atoms with Gasteiger partial charge in [0.1, 0.15) is 5.60 Å². The van der Waals surface area contributed by atoms with Crippen molar-refractivity contribution in [2.75, 3.05) is 13.1 Å². The molecular formula is C26H34N2O3Si. The van der Waals surface area contributed by atoms with E-state index in [0.717, 1.165) is 10.4 Å². The molecule has 2 atom stereocenters. The first-order chi connectivity index (χ1) is 15.0. The highest BCUT2D eigenvalue weighted by molar-refractivity contribution is 6.98. The second-order valence-corrected chi connectivity index (χ2v) is 14.3. The number of carbonyl (C=O) groups excluding carboxylic acids is 1. The summed E-state index contributed by atoms with van der Waals surface area (Å²) >= 11 is 0. The maximum absolute atomic E-state index is 12.6. The van der Waals surface area contributed by atoms with Gasteiger partial charge < -0.3 is 14.4 Å². The van der Waals surface area contributed by atoms with E-state index in [1.165, 1.54) is 0 Å². The molecule has 0 unspecified atom stereocenters. The molecule has 1 N–H and O–H groups in total. The Morgan fingerprint density at radius 1 is 1.03 bits per heavy atom. The maximum atomic E-state index is 12.6. The third-order valence-corrected chi connectivity index (χ3v) is 10.9. The zero-order chi connectivity index (χ0) is 23.6. The molecule has 1 heterocycles. The van der Waals surface area contributed by atoms with Crippen molar-refractivity contribution in [1.29, 1.82) is 5.26 Å². The van der Waals surface area contributed by atoms with Crippen LogP contribution in [0, 0.1) is 23.2 Å². The summed E-state index contributed by atoms with van der Waals surface area (Å²) in [5.41, 5.74) is -0.579. The Bertz CT molecular complexity index is 925. The van der Waals surface area contributed by atoms with Gasteiger partial charge in [0.15, 0.2) is 0 Å². The van der Waals surface area contributed by atoms with Crippen LogP contribution >= 0.6 is 0 Å². The quantitative estimate of drug-likeness (QED) is 0.701. The number of nitriles is 1. The molecule has 2 aromatic carbocycles. The van der Waals surface area contributed by atoms with Gasteiger partial charge in [-0.2, -0.15) is 5.26 Å². The monoisotopic (exact) mass is 450 g/mol. The number of hydrogen-bond acceptors (Lipinski definition) is 4. The molecule has 0 bridgehead atoms. The molecule has 170 valence electrons. The second kappa shape index (κ2) is 9.09. The fourth-order valence-corrected chi connectivity index (χ4v) is 8.61. The van der Waals surface area contributed by atoms with Crippen LogP contribution in [-0.2, 0) is 4.74 Å². The molecule has 0 aromatic heterocycles. The fourth-order valence-electron chi connectivity index (χ4n) is 4.81. The Balaban J connectivity index is 1.91. The highest BCUT2D eigenvalue weighted by Gasteiger charge is 2.52. The van der Waals surface area contributed by atoms with Gasteiger partial charge in [-0.15, -0.1) is 0 Å². The minimum absolute atomic E-state index is 0.0334. The third-order valence-electron chi connectivity index (χ3n) is 6.39. The smallest absolute Gasteiger partial charge is 0.410 e. The Labute approximate surface area is 192 Å². The van der Waals surface area contributed by atoms with E-state index < -0.39 is 19.0 Å². The van der Waals surface area contributed by atoms with Crippen molar-refractivity contribution in [3.8, 4) is 6.07 Å². The molecule has 32 heavy (non-hydrogen) atoms. The minimum Gasteiger partial charge on any atom is -0.444 e. The van der Waals surface area contributed by atoms with Crippen LogP contribution in [0.4, 0.5) is 4.79 Å². The first-order valence-corrected chi connectivity index (χ1v) is 13.1. The van der Waals surface area contributed by atoms with Crippen LogP contribution in [0.5, 0.6) is 0 Å². The highest BCUT2D eigenvalue weighted by Crippen LogP contribution is 2.44. The number of nitrogens with zero attached hydrogens (tertiary/aromatic N) is 2. The van der Waals surface area contributed by atoms with E-state index in [1.54, 1.807) is 4.90 Å². The second-order valence-electron chi connectivity index (χ2n) is 10.4. The highest BCUT2D eigenvalue weighted by atomic mass is 28.4. The SMILES string of the molecule is CC(C)(C)OC(=O)N1C[C@H](CC(C)(C)[Si](O)(c2ccccc2)c2ccccc2)[C@H](C#N)C1. The number of hydrogen-bond donors (Lipinski definition) is 1. The van der Waals surface area contributed by atoms with Crippen LogP contribution in [0.15, 0.2) is 60.7 Å². The van der Waals surface area contributed by atoms with Crippen molar-refractivity contribution < 1.29 is 14.3 Å². The molecule has 1 fully saturated rings. The summed E-state index contributed by atoms with van der Waals surface area (Å²) in [4.78, 5) is 26.7. The molecule has 0 aliphatic carbocycles. The number of ether oxygens (including phenoxy) is 1. The lowest BCUT2D eigenvalue weighted by molar-refractivity contribution is 0.0284. The van der Waals surface area contributed by atoms with Gasteiger partial charge in [0.2, 0.25) is 0 Å². The van der Waals surface area contributed by atoms with Crippen molar-refractivity contribution >= 4 is 24.8 Å². The van der Waals surface area contributed by atoms with E-state index >= 15 is 0 Å². The van der Waals surface area contributed by atoms with Crippen LogP contribution in [0.2, 0.25) is 5.04 Å². The Hall–Kier alpha value is -2.62. The molecular weight excluding hydrogens is 416 g/mol. The summed E-state index contributed by atoms with van der Waals surface area (Å²) in [6, 6.07) is 22.2. The number of amides is 1. The summed E-state index contributed by atoms with van der Waals surface area (Å²) in [5, 5.41) is 11.3. The molecule has 5 nitrogen and oxygen atoms in total. The molecule has 0 spiro atoms. The summed E-state index contributed by atoms with van der Waals surface area (Å²) in [6.07, 6.45) is 0.258. The Kier molecular flexibility index (Phi) is 6.82. The van der Waals surface area contributed by atoms with Crippen LogP contribution < -0.4 is 10.4 Å². The van der Waals surface area contributed by atoms with E-state index in [4.69, 9.17) is 4.74 Å². The van der Waals surface area contributed by atoms with Gasteiger partial charge in [-0.1, -0.05) is 74.5 Å². The van der Waals surface area contributed by atoms with E-state index in [9.17, 15) is 14.9 Å². The number of carbonyl (C=O) groups is 1. The molecule has 1 amide bonds. The lowest BCUT2D eigenvalue weighted by Crippen LogP contribution is -2.65. The predicted molar refractivity (Wildman–Crippen MR) is 129 cm³/mol. The average molecular weight is 451 g/mol. The number of benzene rings is 2. The fraction of sp³-hybridized carbons (Fsp3) is 0.462. The van der Waals surface area contributed by atoms with E-state index in [-0.39, 0.29) is 17.9 Å². The van der Waals surface area contributed by atoms with Gasteiger partial charge >= 0.3 is 6.09 Å². The summed E-state index contributed by atoms with van der Waals surface area (Å²) < 4.78 is 5.54. The van der Waals surface area contributed by atoms with Gasteiger partial charge in [0.05, 0.1) is 12.0 Å².